The summed E-state index contributed by atoms with van der Waals surface area (Å²) in [7, 11) is 4.68. The maximum atomic E-state index is 13.1. The van der Waals surface area contributed by atoms with Gasteiger partial charge in [-0.3, -0.25) is 4.79 Å². The molecule has 2 aliphatic rings. The Morgan fingerprint density at radius 1 is 1.29 bits per heavy atom. The van der Waals surface area contributed by atoms with E-state index in [9.17, 15) is 9.90 Å². The Labute approximate surface area is 141 Å². The average molecular weight is 336 g/mol. The van der Waals surface area contributed by atoms with Gasteiger partial charge in [-0.1, -0.05) is 0 Å². The van der Waals surface area contributed by atoms with Crippen molar-refractivity contribution >= 4 is 5.91 Å². The molecule has 1 saturated carbocycles. The van der Waals surface area contributed by atoms with Gasteiger partial charge in [-0.05, 0) is 31.7 Å². The summed E-state index contributed by atoms with van der Waals surface area (Å²) in [6, 6.07) is 3.18. The van der Waals surface area contributed by atoms with E-state index in [1.807, 2.05) is 0 Å². The molecule has 1 aromatic rings. The third-order valence-corrected chi connectivity index (χ3v) is 5.29. The number of hydrogen-bond donors (Lipinski definition) is 1. The Morgan fingerprint density at radius 2 is 2.08 bits per heavy atom. The molecule has 1 aromatic heterocycles. The fraction of sp³-hybridized carbons (Fsp3) is 0.647. The predicted octanol–water partition coefficient (Wildman–Crippen LogP) is 1.24. The van der Waals surface area contributed by atoms with Crippen LogP contribution in [0.5, 0.6) is 11.8 Å². The highest BCUT2D eigenvalue weighted by Gasteiger charge is 2.52. The second-order valence-electron chi connectivity index (χ2n) is 6.37. The maximum Gasteiger partial charge on any atom is 0.259 e. The number of likely N-dealkylation sites (tertiary alicyclic amines) is 1. The summed E-state index contributed by atoms with van der Waals surface area (Å²) in [6.07, 6.45) is 2.38. The fourth-order valence-electron chi connectivity index (χ4n) is 3.93. The van der Waals surface area contributed by atoms with Crippen molar-refractivity contribution in [3.8, 4) is 11.8 Å². The van der Waals surface area contributed by atoms with Crippen molar-refractivity contribution < 1.29 is 24.1 Å². The van der Waals surface area contributed by atoms with Crippen LogP contribution in [0.15, 0.2) is 12.1 Å². The molecule has 0 spiro atoms. The summed E-state index contributed by atoms with van der Waals surface area (Å²) >= 11 is 0. The number of nitrogens with zero attached hydrogens (tertiary/aromatic N) is 2. The van der Waals surface area contributed by atoms with Crippen LogP contribution in [0.3, 0.4) is 0 Å². The first kappa shape index (κ1) is 17.0. The molecular formula is C17H24N2O5. The SMILES string of the molecule is COc1ccc(C(=O)N2CCC3(OC)CCC(O)CC23)c(OC)n1. The van der Waals surface area contributed by atoms with Gasteiger partial charge >= 0.3 is 0 Å². The van der Waals surface area contributed by atoms with Gasteiger partial charge in [0.2, 0.25) is 11.8 Å². The van der Waals surface area contributed by atoms with E-state index in [1.54, 1.807) is 24.1 Å². The van der Waals surface area contributed by atoms with Crippen LogP contribution in [0.2, 0.25) is 0 Å². The summed E-state index contributed by atoms with van der Waals surface area (Å²) in [5.41, 5.74) is 0.0347. The molecule has 3 atom stereocenters. The number of hydrogen-bond acceptors (Lipinski definition) is 6. The number of amides is 1. The molecule has 24 heavy (non-hydrogen) atoms. The Morgan fingerprint density at radius 3 is 2.75 bits per heavy atom. The molecule has 1 aliphatic heterocycles. The van der Waals surface area contributed by atoms with Crippen LogP contribution in [0, 0.1) is 0 Å². The van der Waals surface area contributed by atoms with E-state index in [-0.39, 0.29) is 23.4 Å². The van der Waals surface area contributed by atoms with Crippen molar-refractivity contribution in [3.05, 3.63) is 17.7 Å². The highest BCUT2D eigenvalue weighted by Crippen LogP contribution is 2.43. The lowest BCUT2D eigenvalue weighted by Gasteiger charge is -2.42. The van der Waals surface area contributed by atoms with Gasteiger partial charge in [-0.2, -0.15) is 4.98 Å². The van der Waals surface area contributed by atoms with Gasteiger partial charge in [0.25, 0.3) is 5.91 Å². The molecule has 2 fully saturated rings. The minimum Gasteiger partial charge on any atom is -0.481 e. The second kappa shape index (κ2) is 6.57. The van der Waals surface area contributed by atoms with Crippen molar-refractivity contribution in [2.75, 3.05) is 27.9 Å². The quantitative estimate of drug-likeness (QED) is 0.891. The fourth-order valence-corrected chi connectivity index (χ4v) is 3.93. The van der Waals surface area contributed by atoms with E-state index < -0.39 is 6.10 Å². The molecule has 1 N–H and O–H groups in total. The molecule has 2 heterocycles. The molecule has 1 aliphatic carbocycles. The zero-order valence-electron chi connectivity index (χ0n) is 14.3. The molecule has 0 aromatic carbocycles. The Balaban J connectivity index is 1.90. The van der Waals surface area contributed by atoms with E-state index in [0.29, 0.717) is 30.8 Å². The van der Waals surface area contributed by atoms with Crippen LogP contribution in [0.4, 0.5) is 0 Å². The van der Waals surface area contributed by atoms with E-state index in [2.05, 4.69) is 4.98 Å². The molecule has 3 unspecified atom stereocenters. The lowest BCUT2D eigenvalue weighted by Crippen LogP contribution is -2.52. The van der Waals surface area contributed by atoms with Crippen LogP contribution < -0.4 is 9.47 Å². The van der Waals surface area contributed by atoms with Gasteiger partial charge in [0.05, 0.1) is 32.0 Å². The third kappa shape index (κ3) is 2.71. The summed E-state index contributed by atoms with van der Waals surface area (Å²) < 4.78 is 16.1. The van der Waals surface area contributed by atoms with E-state index in [1.165, 1.54) is 14.2 Å². The number of pyridine rings is 1. The number of carbonyl (C=O) groups excluding carboxylic acids is 1. The summed E-state index contributed by atoms with van der Waals surface area (Å²) in [6.45, 7) is 0.596. The van der Waals surface area contributed by atoms with Crippen molar-refractivity contribution in [1.82, 2.24) is 9.88 Å². The van der Waals surface area contributed by atoms with Crippen molar-refractivity contribution in [3.63, 3.8) is 0 Å². The van der Waals surface area contributed by atoms with Gasteiger partial charge in [-0.25, -0.2) is 0 Å². The Kier molecular flexibility index (Phi) is 4.64. The first-order chi connectivity index (χ1) is 11.5. The Hall–Kier alpha value is -1.86. The standard InChI is InChI=1S/C17H24N2O5/c1-22-14-5-4-12(15(18-14)23-2)16(21)19-9-8-17(24-3)7-6-11(20)10-13(17)19/h4-5,11,13,20H,6-10H2,1-3H3. The van der Waals surface area contributed by atoms with Gasteiger partial charge in [0.1, 0.15) is 5.56 Å². The van der Waals surface area contributed by atoms with Crippen molar-refractivity contribution in [2.24, 2.45) is 0 Å². The number of aliphatic hydroxyl groups excluding tert-OH is 1. The predicted molar refractivity (Wildman–Crippen MR) is 86.4 cm³/mol. The van der Waals surface area contributed by atoms with Crippen LogP contribution in [0.25, 0.3) is 0 Å². The smallest absolute Gasteiger partial charge is 0.259 e. The summed E-state index contributed by atoms with van der Waals surface area (Å²) in [5.74, 6) is 0.481. The highest BCUT2D eigenvalue weighted by atomic mass is 16.5. The van der Waals surface area contributed by atoms with Gasteiger partial charge in [0, 0.05) is 19.7 Å². The minimum atomic E-state index is -0.400. The van der Waals surface area contributed by atoms with Gasteiger partial charge < -0.3 is 24.2 Å². The first-order valence-corrected chi connectivity index (χ1v) is 8.18. The largest absolute Gasteiger partial charge is 0.481 e. The zero-order valence-corrected chi connectivity index (χ0v) is 14.3. The van der Waals surface area contributed by atoms with E-state index in [0.717, 1.165) is 12.8 Å². The maximum absolute atomic E-state index is 13.1. The van der Waals surface area contributed by atoms with E-state index >= 15 is 0 Å². The number of ether oxygens (including phenoxy) is 3. The van der Waals surface area contributed by atoms with Crippen LogP contribution in [0.1, 0.15) is 36.0 Å². The number of aliphatic hydroxyl groups is 1. The zero-order chi connectivity index (χ0) is 17.3. The van der Waals surface area contributed by atoms with Gasteiger partial charge in [-0.15, -0.1) is 0 Å². The normalized spacial score (nSPS) is 29.2. The molecule has 7 nitrogen and oxygen atoms in total. The highest BCUT2D eigenvalue weighted by molar-refractivity contribution is 5.97. The number of rotatable bonds is 4. The lowest BCUT2D eigenvalue weighted by atomic mass is 9.79. The number of fused-ring (bicyclic) bond motifs is 1. The van der Waals surface area contributed by atoms with E-state index in [4.69, 9.17) is 14.2 Å². The molecule has 132 valence electrons. The molecule has 0 bridgehead atoms. The number of methoxy groups -OCH3 is 3. The third-order valence-electron chi connectivity index (χ3n) is 5.29. The van der Waals surface area contributed by atoms with Crippen LogP contribution in [-0.2, 0) is 4.74 Å². The monoisotopic (exact) mass is 336 g/mol. The lowest BCUT2D eigenvalue weighted by molar-refractivity contribution is -0.0824. The second-order valence-corrected chi connectivity index (χ2v) is 6.37. The average Bonchev–Trinajstić information content (AvgIpc) is 2.99. The summed E-state index contributed by atoms with van der Waals surface area (Å²) in [4.78, 5) is 19.0. The molecule has 0 radical (unpaired) electrons. The number of carbonyl (C=O) groups is 1. The Bertz CT molecular complexity index is 623. The molecule has 1 saturated heterocycles. The minimum absolute atomic E-state index is 0.134. The molecule has 1 amide bonds. The molecule has 7 heteroatoms. The first-order valence-electron chi connectivity index (χ1n) is 8.18. The van der Waals surface area contributed by atoms with Crippen molar-refractivity contribution in [1.29, 1.82) is 0 Å². The molecule has 3 rings (SSSR count). The summed E-state index contributed by atoms with van der Waals surface area (Å²) in [5, 5.41) is 10.1. The number of aromatic nitrogens is 1. The van der Waals surface area contributed by atoms with Crippen LogP contribution in [-0.4, -0.2) is 66.5 Å². The van der Waals surface area contributed by atoms with Gasteiger partial charge in [0.15, 0.2) is 0 Å². The van der Waals surface area contributed by atoms with Crippen LogP contribution >= 0.6 is 0 Å². The van der Waals surface area contributed by atoms with Crippen molar-refractivity contribution in [2.45, 2.75) is 43.4 Å². The topological polar surface area (TPSA) is 81.1 Å². The molecular weight excluding hydrogens is 312 g/mol.